The Balaban J connectivity index is 2.69. The molecule has 84 valence electrons. The van der Waals surface area contributed by atoms with Gasteiger partial charge in [-0.15, -0.1) is 0 Å². The Morgan fingerprint density at radius 2 is 1.93 bits per heavy atom. The van der Waals surface area contributed by atoms with Gasteiger partial charge >= 0.3 is 12.1 Å². The normalized spacial score (nSPS) is 25.0. The van der Waals surface area contributed by atoms with Crippen LogP contribution in [0.1, 0.15) is 13.3 Å². The molecule has 7 heteroatoms. The van der Waals surface area contributed by atoms with Crippen molar-refractivity contribution in [3.8, 4) is 0 Å². The molecule has 3 N–H and O–H groups in total. The summed E-state index contributed by atoms with van der Waals surface area (Å²) in [6.07, 6.45) is -1.17. The summed E-state index contributed by atoms with van der Waals surface area (Å²) in [6, 6.07) is -1.49. The van der Waals surface area contributed by atoms with Crippen molar-refractivity contribution >= 4 is 18.0 Å². The van der Waals surface area contributed by atoms with Crippen molar-refractivity contribution in [3.63, 3.8) is 0 Å². The van der Waals surface area contributed by atoms with E-state index in [2.05, 4.69) is 5.32 Å². The lowest BCUT2D eigenvalue weighted by molar-refractivity contribution is -0.141. The average Bonchev–Trinajstić information content (AvgIpc) is 2.46. The summed E-state index contributed by atoms with van der Waals surface area (Å²) in [6.45, 7) is 1.32. The molecule has 0 aromatic rings. The number of nitrogens with one attached hydrogen (secondary N) is 1. The number of carbonyl (C=O) groups is 3. The van der Waals surface area contributed by atoms with Gasteiger partial charge in [0.25, 0.3) is 0 Å². The van der Waals surface area contributed by atoms with Crippen LogP contribution in [0.15, 0.2) is 0 Å². The quantitative estimate of drug-likeness (QED) is 0.567. The smallest absolute Gasteiger partial charge is 0.408 e. The standard InChI is InChI=1S/C8H12N2O5/c1-4(11)9-5-2-6(7(12)13)10(3-5)8(14)15/h5-6H,2-3H2,1H3,(H,9,11)(H,12,13)(H,14,15). The van der Waals surface area contributed by atoms with Gasteiger partial charge < -0.3 is 15.5 Å². The first-order chi connectivity index (χ1) is 6.91. The summed E-state index contributed by atoms with van der Waals surface area (Å²) < 4.78 is 0. The summed E-state index contributed by atoms with van der Waals surface area (Å²) in [5.74, 6) is -1.48. The van der Waals surface area contributed by atoms with Crippen LogP contribution >= 0.6 is 0 Å². The molecule has 1 aliphatic heterocycles. The van der Waals surface area contributed by atoms with Gasteiger partial charge in [0.15, 0.2) is 0 Å². The third-order valence-electron chi connectivity index (χ3n) is 2.24. The lowest BCUT2D eigenvalue weighted by Gasteiger charge is -2.16. The number of amides is 2. The van der Waals surface area contributed by atoms with Crippen molar-refractivity contribution in [2.24, 2.45) is 0 Å². The van der Waals surface area contributed by atoms with Crippen LogP contribution in [0.5, 0.6) is 0 Å². The number of carboxylic acid groups (broad SMARTS) is 2. The molecular formula is C8H12N2O5. The molecule has 7 nitrogen and oxygen atoms in total. The zero-order chi connectivity index (χ0) is 11.6. The maximum atomic E-state index is 10.7. The van der Waals surface area contributed by atoms with Gasteiger partial charge in [0.1, 0.15) is 6.04 Å². The van der Waals surface area contributed by atoms with Crippen LogP contribution in [0.4, 0.5) is 4.79 Å². The van der Waals surface area contributed by atoms with Gasteiger partial charge in [-0.1, -0.05) is 0 Å². The molecule has 2 unspecified atom stereocenters. The molecule has 0 bridgehead atoms. The molecular weight excluding hydrogens is 204 g/mol. The number of likely N-dealkylation sites (tertiary alicyclic amines) is 1. The van der Waals surface area contributed by atoms with Crippen molar-refractivity contribution in [1.82, 2.24) is 10.2 Å². The Labute approximate surface area is 85.7 Å². The number of carbonyl (C=O) groups excluding carboxylic acids is 1. The average molecular weight is 216 g/mol. The van der Waals surface area contributed by atoms with E-state index in [0.29, 0.717) is 0 Å². The Bertz CT molecular complexity index is 281. The van der Waals surface area contributed by atoms with Crippen LogP contribution in [-0.4, -0.2) is 51.7 Å². The Morgan fingerprint density at radius 3 is 2.27 bits per heavy atom. The van der Waals surface area contributed by atoms with Crippen LogP contribution in [0, 0.1) is 0 Å². The molecule has 0 saturated carbocycles. The van der Waals surface area contributed by atoms with E-state index in [4.69, 9.17) is 10.2 Å². The molecule has 0 aliphatic carbocycles. The molecule has 1 heterocycles. The van der Waals surface area contributed by atoms with Gasteiger partial charge in [0.2, 0.25) is 5.91 Å². The molecule has 2 atom stereocenters. The fraction of sp³-hybridized carbons (Fsp3) is 0.625. The molecule has 1 rings (SSSR count). The Hall–Kier alpha value is -1.79. The van der Waals surface area contributed by atoms with E-state index < -0.39 is 24.1 Å². The van der Waals surface area contributed by atoms with Crippen molar-refractivity contribution in [2.45, 2.75) is 25.4 Å². The fourth-order valence-corrected chi connectivity index (χ4v) is 1.67. The molecule has 0 radical (unpaired) electrons. The molecule has 0 aromatic heterocycles. The summed E-state index contributed by atoms with van der Waals surface area (Å²) in [7, 11) is 0. The van der Waals surface area contributed by atoms with Crippen LogP contribution in [-0.2, 0) is 9.59 Å². The summed E-state index contributed by atoms with van der Waals surface area (Å²) in [4.78, 5) is 33.0. The first-order valence-electron chi connectivity index (χ1n) is 4.41. The van der Waals surface area contributed by atoms with Crippen LogP contribution in [0.25, 0.3) is 0 Å². The van der Waals surface area contributed by atoms with Gasteiger partial charge in [-0.25, -0.2) is 9.59 Å². The van der Waals surface area contributed by atoms with Crippen molar-refractivity contribution in [1.29, 1.82) is 0 Å². The molecule has 1 aliphatic rings. The van der Waals surface area contributed by atoms with Gasteiger partial charge in [0, 0.05) is 25.9 Å². The fourth-order valence-electron chi connectivity index (χ4n) is 1.67. The molecule has 15 heavy (non-hydrogen) atoms. The zero-order valence-electron chi connectivity index (χ0n) is 8.14. The largest absolute Gasteiger partial charge is 0.480 e. The summed E-state index contributed by atoms with van der Waals surface area (Å²) >= 11 is 0. The third kappa shape index (κ3) is 2.58. The van der Waals surface area contributed by atoms with E-state index in [1.54, 1.807) is 0 Å². The second-order valence-electron chi connectivity index (χ2n) is 3.42. The highest BCUT2D eigenvalue weighted by atomic mass is 16.4. The highest BCUT2D eigenvalue weighted by Gasteiger charge is 2.39. The SMILES string of the molecule is CC(=O)NC1CC(C(=O)O)N(C(=O)O)C1. The Morgan fingerprint density at radius 1 is 1.33 bits per heavy atom. The number of carboxylic acids is 1. The summed E-state index contributed by atoms with van der Waals surface area (Å²) in [5, 5.41) is 20.0. The van der Waals surface area contributed by atoms with Crippen LogP contribution in [0.3, 0.4) is 0 Å². The van der Waals surface area contributed by atoms with Gasteiger partial charge in [-0.05, 0) is 0 Å². The predicted octanol–water partition coefficient (Wildman–Crippen LogP) is -0.672. The second kappa shape index (κ2) is 4.16. The van der Waals surface area contributed by atoms with E-state index in [0.717, 1.165) is 4.90 Å². The van der Waals surface area contributed by atoms with E-state index in [9.17, 15) is 14.4 Å². The molecule has 0 aromatic carbocycles. The monoisotopic (exact) mass is 216 g/mol. The third-order valence-corrected chi connectivity index (χ3v) is 2.24. The number of rotatable bonds is 2. The van der Waals surface area contributed by atoms with E-state index in [1.807, 2.05) is 0 Å². The lowest BCUT2D eigenvalue weighted by Crippen LogP contribution is -2.40. The van der Waals surface area contributed by atoms with E-state index in [1.165, 1.54) is 6.92 Å². The summed E-state index contributed by atoms with van der Waals surface area (Å²) in [5.41, 5.74) is 0. The first-order valence-corrected chi connectivity index (χ1v) is 4.41. The van der Waals surface area contributed by atoms with Crippen LogP contribution in [0.2, 0.25) is 0 Å². The first kappa shape index (κ1) is 11.3. The maximum absolute atomic E-state index is 10.7. The number of hydrogen-bond acceptors (Lipinski definition) is 3. The number of aliphatic carboxylic acids is 1. The lowest BCUT2D eigenvalue weighted by atomic mass is 10.2. The van der Waals surface area contributed by atoms with Crippen molar-refractivity contribution in [3.05, 3.63) is 0 Å². The molecule has 2 amide bonds. The minimum Gasteiger partial charge on any atom is -0.480 e. The Kier molecular flexibility index (Phi) is 3.13. The van der Waals surface area contributed by atoms with Crippen molar-refractivity contribution in [2.75, 3.05) is 6.54 Å². The van der Waals surface area contributed by atoms with Gasteiger partial charge in [-0.3, -0.25) is 9.69 Å². The molecule has 1 saturated heterocycles. The van der Waals surface area contributed by atoms with E-state index >= 15 is 0 Å². The van der Waals surface area contributed by atoms with Gasteiger partial charge in [0.05, 0.1) is 0 Å². The van der Waals surface area contributed by atoms with Crippen molar-refractivity contribution < 1.29 is 24.6 Å². The molecule has 0 spiro atoms. The second-order valence-corrected chi connectivity index (χ2v) is 3.42. The highest BCUT2D eigenvalue weighted by molar-refractivity contribution is 5.81. The zero-order valence-corrected chi connectivity index (χ0v) is 8.14. The topological polar surface area (TPSA) is 107 Å². The minimum atomic E-state index is -1.28. The number of hydrogen-bond donors (Lipinski definition) is 3. The number of nitrogens with zero attached hydrogens (tertiary/aromatic N) is 1. The predicted molar refractivity (Wildman–Crippen MR) is 48.4 cm³/mol. The van der Waals surface area contributed by atoms with Crippen LogP contribution < -0.4 is 5.32 Å². The maximum Gasteiger partial charge on any atom is 0.408 e. The van der Waals surface area contributed by atoms with E-state index in [-0.39, 0.29) is 18.9 Å². The highest BCUT2D eigenvalue weighted by Crippen LogP contribution is 2.18. The molecule has 1 fully saturated rings. The van der Waals surface area contributed by atoms with Gasteiger partial charge in [-0.2, -0.15) is 0 Å². The minimum absolute atomic E-state index is 0.0197.